The number of halogens is 2. The van der Waals surface area contributed by atoms with Gasteiger partial charge in [0.25, 0.3) is 5.56 Å². The van der Waals surface area contributed by atoms with Crippen molar-refractivity contribution in [3.63, 3.8) is 0 Å². The van der Waals surface area contributed by atoms with Crippen molar-refractivity contribution in [1.82, 2.24) is 14.5 Å². The normalized spacial score (nSPS) is 18.3. The third-order valence-corrected chi connectivity index (χ3v) is 8.33. The van der Waals surface area contributed by atoms with Crippen LogP contribution in [0.15, 0.2) is 65.5 Å². The Morgan fingerprint density at radius 1 is 0.923 bits per heavy atom. The molecular formula is C32H33F2N3O2. The van der Waals surface area contributed by atoms with Crippen LogP contribution < -0.4 is 10.3 Å². The number of fused-ring (bicyclic) bond motifs is 1. The third-order valence-electron chi connectivity index (χ3n) is 8.33. The first-order valence-corrected chi connectivity index (χ1v) is 13.9. The summed E-state index contributed by atoms with van der Waals surface area (Å²) in [6, 6.07) is 16.2. The lowest BCUT2D eigenvalue weighted by atomic mass is 9.84. The first kappa shape index (κ1) is 25.7. The van der Waals surface area contributed by atoms with Gasteiger partial charge >= 0.3 is 0 Å². The summed E-state index contributed by atoms with van der Waals surface area (Å²) in [4.78, 5) is 21.7. The number of hydrogen-bond acceptors (Lipinski definition) is 4. The molecule has 1 aliphatic heterocycles. The SMILES string of the molecule is COc1ccccc1-c1nc2ccc(-c3ccc(F)cc3F)cc2c(=O)n1CC1CCCN(CC2CCC2)C1. The van der Waals surface area contributed by atoms with E-state index in [9.17, 15) is 13.6 Å². The summed E-state index contributed by atoms with van der Waals surface area (Å²) in [5.41, 5.74) is 1.88. The Morgan fingerprint density at radius 2 is 1.74 bits per heavy atom. The average molecular weight is 530 g/mol. The van der Waals surface area contributed by atoms with Crippen LogP contribution in [-0.2, 0) is 6.54 Å². The van der Waals surface area contributed by atoms with Crippen LogP contribution in [0, 0.1) is 23.5 Å². The van der Waals surface area contributed by atoms with Crippen molar-refractivity contribution in [3.05, 3.63) is 82.7 Å². The highest BCUT2D eigenvalue weighted by Gasteiger charge is 2.27. The highest BCUT2D eigenvalue weighted by molar-refractivity contribution is 5.85. The number of nitrogens with zero attached hydrogens (tertiary/aromatic N) is 3. The number of rotatable bonds is 7. The van der Waals surface area contributed by atoms with Crippen LogP contribution in [-0.4, -0.2) is 41.2 Å². The molecular weight excluding hydrogens is 496 g/mol. The zero-order chi connectivity index (χ0) is 26.9. The lowest BCUT2D eigenvalue weighted by molar-refractivity contribution is 0.117. The van der Waals surface area contributed by atoms with E-state index in [4.69, 9.17) is 9.72 Å². The van der Waals surface area contributed by atoms with Crippen molar-refractivity contribution in [3.8, 4) is 28.3 Å². The Balaban J connectivity index is 1.43. The zero-order valence-electron chi connectivity index (χ0n) is 22.2. The molecule has 1 aliphatic carbocycles. The molecule has 1 aromatic heterocycles. The van der Waals surface area contributed by atoms with Gasteiger partial charge in [0.2, 0.25) is 0 Å². The van der Waals surface area contributed by atoms with Crippen LogP contribution in [0.2, 0.25) is 0 Å². The molecule has 4 aromatic rings. The molecule has 39 heavy (non-hydrogen) atoms. The standard InChI is InChI=1S/C32H33F2N3O2/c1-39-30-10-3-2-9-26(30)31-35-29-14-11-23(25-13-12-24(33)17-28(25)34)16-27(29)32(38)37(31)20-22-8-5-15-36(19-22)18-21-6-4-7-21/h2-3,9-14,16-17,21-22H,4-8,15,18-20H2,1H3. The Hall–Kier alpha value is -3.58. The molecule has 202 valence electrons. The second-order valence-corrected chi connectivity index (χ2v) is 11.0. The topological polar surface area (TPSA) is 47.4 Å². The molecule has 0 N–H and O–H groups in total. The quantitative estimate of drug-likeness (QED) is 0.273. The van der Waals surface area contributed by atoms with Gasteiger partial charge < -0.3 is 9.64 Å². The molecule has 3 aromatic carbocycles. The fraction of sp³-hybridized carbons (Fsp3) is 0.375. The maximum Gasteiger partial charge on any atom is 0.261 e. The number of piperidine rings is 1. The van der Waals surface area contributed by atoms with E-state index in [1.807, 2.05) is 24.3 Å². The first-order valence-electron chi connectivity index (χ1n) is 13.9. The lowest BCUT2D eigenvalue weighted by Gasteiger charge is -2.37. The van der Waals surface area contributed by atoms with Gasteiger partial charge in [-0.25, -0.2) is 13.8 Å². The number of likely N-dealkylation sites (tertiary alicyclic amines) is 1. The van der Waals surface area contributed by atoms with Crippen LogP contribution >= 0.6 is 0 Å². The van der Waals surface area contributed by atoms with Crippen LogP contribution in [0.5, 0.6) is 5.75 Å². The summed E-state index contributed by atoms with van der Waals surface area (Å²) in [5, 5.41) is 0.414. The van der Waals surface area contributed by atoms with Gasteiger partial charge in [0, 0.05) is 31.3 Å². The number of benzene rings is 3. The van der Waals surface area contributed by atoms with Gasteiger partial charge in [-0.2, -0.15) is 0 Å². The van der Waals surface area contributed by atoms with E-state index in [0.717, 1.165) is 50.0 Å². The van der Waals surface area contributed by atoms with Crippen molar-refractivity contribution in [2.24, 2.45) is 11.8 Å². The van der Waals surface area contributed by atoms with Gasteiger partial charge in [-0.15, -0.1) is 0 Å². The second kappa shape index (κ2) is 10.9. The van der Waals surface area contributed by atoms with E-state index in [1.165, 1.54) is 31.4 Å². The maximum atomic E-state index is 14.6. The van der Waals surface area contributed by atoms with Crippen LogP contribution in [0.4, 0.5) is 8.78 Å². The number of ether oxygens (including phenoxy) is 1. The highest BCUT2D eigenvalue weighted by Crippen LogP contribution is 2.32. The minimum Gasteiger partial charge on any atom is -0.496 e. The Morgan fingerprint density at radius 3 is 2.51 bits per heavy atom. The van der Waals surface area contributed by atoms with E-state index in [1.54, 1.807) is 29.9 Å². The molecule has 1 saturated heterocycles. The van der Waals surface area contributed by atoms with Crippen LogP contribution in [0.25, 0.3) is 33.4 Å². The number of methoxy groups -OCH3 is 1. The molecule has 0 amide bonds. The maximum absolute atomic E-state index is 14.6. The summed E-state index contributed by atoms with van der Waals surface area (Å²) in [5.74, 6) is 1.05. The molecule has 1 saturated carbocycles. The molecule has 5 nitrogen and oxygen atoms in total. The molecule has 2 heterocycles. The minimum atomic E-state index is -0.665. The van der Waals surface area contributed by atoms with Gasteiger partial charge in [-0.3, -0.25) is 9.36 Å². The second-order valence-electron chi connectivity index (χ2n) is 11.0. The highest BCUT2D eigenvalue weighted by atomic mass is 19.1. The minimum absolute atomic E-state index is 0.165. The molecule has 1 atom stereocenters. The average Bonchev–Trinajstić information content (AvgIpc) is 2.92. The molecule has 0 radical (unpaired) electrons. The predicted octanol–water partition coefficient (Wildman–Crippen LogP) is 6.53. The molecule has 7 heteroatoms. The molecule has 0 spiro atoms. The molecule has 1 unspecified atom stereocenters. The van der Waals surface area contributed by atoms with Crippen LogP contribution in [0.1, 0.15) is 32.1 Å². The fourth-order valence-electron chi connectivity index (χ4n) is 6.08. The van der Waals surface area contributed by atoms with E-state index in [0.29, 0.717) is 40.5 Å². The zero-order valence-corrected chi connectivity index (χ0v) is 22.2. The Bertz CT molecular complexity index is 1560. The van der Waals surface area contributed by atoms with Gasteiger partial charge in [-0.1, -0.05) is 24.6 Å². The smallest absolute Gasteiger partial charge is 0.261 e. The molecule has 2 aliphatic rings. The molecule has 2 fully saturated rings. The molecule has 6 rings (SSSR count). The third kappa shape index (κ3) is 5.20. The summed E-state index contributed by atoms with van der Waals surface area (Å²) in [6.07, 6.45) is 6.16. The van der Waals surface area contributed by atoms with E-state index >= 15 is 0 Å². The van der Waals surface area contributed by atoms with Crippen molar-refractivity contribution < 1.29 is 13.5 Å². The summed E-state index contributed by atoms with van der Waals surface area (Å²) in [7, 11) is 1.62. The Labute approximate surface area is 227 Å². The fourth-order valence-corrected chi connectivity index (χ4v) is 6.08. The van der Waals surface area contributed by atoms with Gasteiger partial charge in [0.15, 0.2) is 0 Å². The van der Waals surface area contributed by atoms with E-state index < -0.39 is 11.6 Å². The number of hydrogen-bond donors (Lipinski definition) is 0. The lowest BCUT2D eigenvalue weighted by Crippen LogP contribution is -2.42. The number of aromatic nitrogens is 2. The predicted molar refractivity (Wildman–Crippen MR) is 150 cm³/mol. The summed E-state index contributed by atoms with van der Waals surface area (Å²) < 4.78 is 35.5. The number of para-hydroxylation sites is 1. The monoisotopic (exact) mass is 529 g/mol. The summed E-state index contributed by atoms with van der Waals surface area (Å²) in [6.45, 7) is 3.77. The van der Waals surface area contributed by atoms with Crippen molar-refractivity contribution in [1.29, 1.82) is 0 Å². The van der Waals surface area contributed by atoms with Gasteiger partial charge in [-0.05, 0) is 86.0 Å². The largest absolute Gasteiger partial charge is 0.496 e. The summed E-state index contributed by atoms with van der Waals surface area (Å²) >= 11 is 0. The van der Waals surface area contributed by atoms with Crippen molar-refractivity contribution in [2.75, 3.05) is 26.7 Å². The van der Waals surface area contributed by atoms with Gasteiger partial charge in [0.05, 0.1) is 23.6 Å². The van der Waals surface area contributed by atoms with Crippen LogP contribution in [0.3, 0.4) is 0 Å². The van der Waals surface area contributed by atoms with Gasteiger partial charge in [0.1, 0.15) is 23.2 Å². The van der Waals surface area contributed by atoms with Crippen molar-refractivity contribution in [2.45, 2.75) is 38.6 Å². The molecule has 0 bridgehead atoms. The van der Waals surface area contributed by atoms with Crippen molar-refractivity contribution >= 4 is 10.9 Å². The van der Waals surface area contributed by atoms with E-state index in [2.05, 4.69) is 4.90 Å². The van der Waals surface area contributed by atoms with E-state index in [-0.39, 0.29) is 11.1 Å². The Kier molecular flexibility index (Phi) is 7.17. The first-order chi connectivity index (χ1) is 19.0.